The molecule has 0 aromatic heterocycles. The Hall–Kier alpha value is -1.83. The van der Waals surface area contributed by atoms with Crippen molar-refractivity contribution in [3.05, 3.63) is 60.2 Å². The van der Waals surface area contributed by atoms with Crippen molar-refractivity contribution in [2.45, 2.75) is 19.4 Å². The standard InChI is InChI=1S/C14H15NO/c1-2-3-5-10-13-11-14(16-15-13)12-8-6-4-7-9-12/h2-10,14H,11H2,1H3/b3-2+,10-5+. The molecule has 16 heavy (non-hydrogen) atoms. The second kappa shape index (κ2) is 5.31. The Morgan fingerprint density at radius 3 is 2.81 bits per heavy atom. The number of oxime groups is 1. The number of hydrogen-bond donors (Lipinski definition) is 0. The molecule has 0 saturated carbocycles. The fraction of sp³-hybridized carbons (Fsp3) is 0.214. The molecule has 1 atom stereocenters. The van der Waals surface area contributed by atoms with Crippen LogP contribution < -0.4 is 0 Å². The van der Waals surface area contributed by atoms with Gasteiger partial charge in [0.2, 0.25) is 0 Å². The van der Waals surface area contributed by atoms with E-state index < -0.39 is 0 Å². The van der Waals surface area contributed by atoms with Gasteiger partial charge in [-0.3, -0.25) is 0 Å². The van der Waals surface area contributed by atoms with Gasteiger partial charge in [0.15, 0.2) is 6.10 Å². The number of nitrogens with zero attached hydrogens (tertiary/aromatic N) is 1. The third kappa shape index (κ3) is 2.60. The largest absolute Gasteiger partial charge is 0.387 e. The van der Waals surface area contributed by atoms with E-state index in [1.807, 2.05) is 49.4 Å². The molecule has 1 aromatic carbocycles. The molecule has 1 aliphatic heterocycles. The summed E-state index contributed by atoms with van der Waals surface area (Å²) in [6.07, 6.45) is 8.86. The van der Waals surface area contributed by atoms with Gasteiger partial charge in [-0.2, -0.15) is 0 Å². The number of benzene rings is 1. The maximum absolute atomic E-state index is 5.39. The Morgan fingerprint density at radius 1 is 1.25 bits per heavy atom. The van der Waals surface area contributed by atoms with Gasteiger partial charge in [-0.1, -0.05) is 53.7 Å². The van der Waals surface area contributed by atoms with Crippen LogP contribution in [-0.2, 0) is 4.84 Å². The van der Waals surface area contributed by atoms with Crippen LogP contribution in [0.15, 0.2) is 59.8 Å². The Bertz CT molecular complexity index is 418. The first-order valence-electron chi connectivity index (χ1n) is 5.47. The highest BCUT2D eigenvalue weighted by molar-refractivity contribution is 5.95. The molecule has 2 nitrogen and oxygen atoms in total. The predicted molar refractivity (Wildman–Crippen MR) is 66.3 cm³/mol. The van der Waals surface area contributed by atoms with E-state index in [2.05, 4.69) is 17.3 Å². The molecule has 0 aliphatic carbocycles. The van der Waals surface area contributed by atoms with Crippen molar-refractivity contribution in [1.29, 1.82) is 0 Å². The lowest BCUT2D eigenvalue weighted by atomic mass is 10.0. The van der Waals surface area contributed by atoms with Crippen LogP contribution in [0.2, 0.25) is 0 Å². The molecule has 1 aliphatic rings. The number of allylic oxidation sites excluding steroid dienone is 4. The van der Waals surface area contributed by atoms with Crippen molar-refractivity contribution in [3.8, 4) is 0 Å². The van der Waals surface area contributed by atoms with E-state index in [9.17, 15) is 0 Å². The molecular formula is C14H15NO. The highest BCUT2D eigenvalue weighted by Gasteiger charge is 2.20. The molecule has 0 N–H and O–H groups in total. The van der Waals surface area contributed by atoms with Gasteiger partial charge >= 0.3 is 0 Å². The zero-order valence-corrected chi connectivity index (χ0v) is 9.34. The lowest BCUT2D eigenvalue weighted by Crippen LogP contribution is -1.97. The van der Waals surface area contributed by atoms with Gasteiger partial charge in [0.25, 0.3) is 0 Å². The van der Waals surface area contributed by atoms with Crippen molar-refractivity contribution in [1.82, 2.24) is 0 Å². The Morgan fingerprint density at radius 2 is 2.06 bits per heavy atom. The van der Waals surface area contributed by atoms with Crippen LogP contribution in [0.1, 0.15) is 25.0 Å². The molecule has 0 fully saturated rings. The molecule has 1 heterocycles. The molecule has 2 rings (SSSR count). The van der Waals surface area contributed by atoms with Crippen molar-refractivity contribution < 1.29 is 4.84 Å². The van der Waals surface area contributed by atoms with Gasteiger partial charge < -0.3 is 4.84 Å². The van der Waals surface area contributed by atoms with Crippen molar-refractivity contribution >= 4 is 5.71 Å². The van der Waals surface area contributed by atoms with Crippen molar-refractivity contribution in [2.75, 3.05) is 0 Å². The first-order valence-corrected chi connectivity index (χ1v) is 5.47. The molecule has 1 aromatic rings. The quantitative estimate of drug-likeness (QED) is 0.702. The summed E-state index contributed by atoms with van der Waals surface area (Å²) in [5.41, 5.74) is 2.17. The van der Waals surface area contributed by atoms with Crippen LogP contribution in [0.4, 0.5) is 0 Å². The van der Waals surface area contributed by atoms with E-state index >= 15 is 0 Å². The highest BCUT2D eigenvalue weighted by atomic mass is 16.6. The Labute approximate surface area is 95.9 Å². The molecule has 0 amide bonds. The molecule has 2 heteroatoms. The third-order valence-corrected chi connectivity index (χ3v) is 2.46. The molecule has 0 radical (unpaired) electrons. The average molecular weight is 213 g/mol. The fourth-order valence-corrected chi connectivity index (χ4v) is 1.62. The predicted octanol–water partition coefficient (Wildman–Crippen LogP) is 3.64. The monoisotopic (exact) mass is 213 g/mol. The van der Waals surface area contributed by atoms with E-state index in [1.165, 1.54) is 5.56 Å². The topological polar surface area (TPSA) is 21.6 Å². The summed E-state index contributed by atoms with van der Waals surface area (Å²) in [4.78, 5) is 5.39. The van der Waals surface area contributed by atoms with Gasteiger partial charge in [-0.25, -0.2) is 0 Å². The maximum atomic E-state index is 5.39. The molecule has 0 spiro atoms. The van der Waals surface area contributed by atoms with E-state index in [-0.39, 0.29) is 6.10 Å². The molecule has 1 unspecified atom stereocenters. The van der Waals surface area contributed by atoms with E-state index in [1.54, 1.807) is 0 Å². The SMILES string of the molecule is C/C=C/C=C/C1=NOC(c2ccccc2)C1. The van der Waals surface area contributed by atoms with Crippen LogP contribution >= 0.6 is 0 Å². The normalized spacial score (nSPS) is 20.3. The smallest absolute Gasteiger partial charge is 0.158 e. The first-order chi connectivity index (χ1) is 7.90. The van der Waals surface area contributed by atoms with Crippen LogP contribution in [0, 0.1) is 0 Å². The Kier molecular flexibility index (Phi) is 3.54. The fourth-order valence-electron chi connectivity index (χ4n) is 1.62. The third-order valence-electron chi connectivity index (χ3n) is 2.46. The number of hydrogen-bond acceptors (Lipinski definition) is 2. The van der Waals surface area contributed by atoms with Gasteiger partial charge in [-0.05, 0) is 18.6 Å². The minimum atomic E-state index is 0.0754. The van der Waals surface area contributed by atoms with Gasteiger partial charge in [-0.15, -0.1) is 0 Å². The zero-order valence-electron chi connectivity index (χ0n) is 9.34. The van der Waals surface area contributed by atoms with Crippen LogP contribution in [0.3, 0.4) is 0 Å². The summed E-state index contributed by atoms with van der Waals surface area (Å²) in [6, 6.07) is 10.2. The molecule has 0 bridgehead atoms. The van der Waals surface area contributed by atoms with Crippen molar-refractivity contribution in [3.63, 3.8) is 0 Å². The lowest BCUT2D eigenvalue weighted by Gasteiger charge is -2.06. The first kappa shape index (κ1) is 10.7. The van der Waals surface area contributed by atoms with Gasteiger partial charge in [0, 0.05) is 6.42 Å². The second-order valence-corrected chi connectivity index (χ2v) is 3.68. The van der Waals surface area contributed by atoms with Crippen LogP contribution in [0.5, 0.6) is 0 Å². The number of rotatable bonds is 3. The minimum Gasteiger partial charge on any atom is -0.387 e. The summed E-state index contributed by atoms with van der Waals surface area (Å²) in [5, 5.41) is 4.06. The van der Waals surface area contributed by atoms with Crippen molar-refractivity contribution in [2.24, 2.45) is 5.16 Å². The van der Waals surface area contributed by atoms with E-state index in [0.29, 0.717) is 0 Å². The van der Waals surface area contributed by atoms with Crippen LogP contribution in [0.25, 0.3) is 0 Å². The zero-order chi connectivity index (χ0) is 11.2. The molecule has 82 valence electrons. The second-order valence-electron chi connectivity index (χ2n) is 3.68. The summed E-state index contributed by atoms with van der Waals surface area (Å²) >= 11 is 0. The minimum absolute atomic E-state index is 0.0754. The molecular weight excluding hydrogens is 198 g/mol. The van der Waals surface area contributed by atoms with Gasteiger partial charge in [0.05, 0.1) is 5.71 Å². The van der Waals surface area contributed by atoms with Gasteiger partial charge in [0.1, 0.15) is 0 Å². The lowest BCUT2D eigenvalue weighted by molar-refractivity contribution is 0.0857. The Balaban J connectivity index is 1.97. The van der Waals surface area contributed by atoms with E-state index in [4.69, 9.17) is 4.84 Å². The van der Waals surface area contributed by atoms with Crippen LogP contribution in [-0.4, -0.2) is 5.71 Å². The van der Waals surface area contributed by atoms with E-state index in [0.717, 1.165) is 12.1 Å². The molecule has 0 saturated heterocycles. The summed E-state index contributed by atoms with van der Waals surface area (Å²) in [6.45, 7) is 1.99. The maximum Gasteiger partial charge on any atom is 0.158 e. The summed E-state index contributed by atoms with van der Waals surface area (Å²) < 4.78 is 0. The summed E-state index contributed by atoms with van der Waals surface area (Å²) in [5.74, 6) is 0. The highest BCUT2D eigenvalue weighted by Crippen LogP contribution is 2.27. The average Bonchev–Trinajstić information content (AvgIpc) is 2.79. The summed E-state index contributed by atoms with van der Waals surface area (Å²) in [7, 11) is 0.